The van der Waals surface area contributed by atoms with Gasteiger partial charge in [0, 0.05) is 0 Å². The number of nitrogens with one attached hydrogen (secondary N) is 1. The van der Waals surface area contributed by atoms with E-state index in [1.54, 1.807) is 37.3 Å². The van der Waals surface area contributed by atoms with E-state index in [2.05, 4.69) is 5.32 Å². The van der Waals surface area contributed by atoms with Crippen LogP contribution >= 0.6 is 0 Å². The number of benzene rings is 2. The van der Waals surface area contributed by atoms with E-state index in [0.717, 1.165) is 5.56 Å². The molecule has 0 aliphatic rings. The van der Waals surface area contributed by atoms with Crippen molar-refractivity contribution in [1.82, 2.24) is 5.32 Å². The van der Waals surface area contributed by atoms with E-state index in [0.29, 0.717) is 5.56 Å². The molecule has 2 N–H and O–H groups in total. The lowest BCUT2D eigenvalue weighted by molar-refractivity contribution is 0.127. The van der Waals surface area contributed by atoms with Gasteiger partial charge in [0.1, 0.15) is 12.4 Å². The topological polar surface area (TPSA) is 92.7 Å². The molecule has 0 saturated heterocycles. The molecule has 0 bridgehead atoms. The molecule has 0 spiro atoms. The fourth-order valence-electron chi connectivity index (χ4n) is 2.61. The van der Waals surface area contributed by atoms with Crippen molar-refractivity contribution in [3.05, 3.63) is 71.8 Å². The summed E-state index contributed by atoms with van der Waals surface area (Å²) in [6.45, 7) is 1.79. The predicted molar refractivity (Wildman–Crippen MR) is 94.6 cm³/mol. The molecule has 0 heterocycles. The molecule has 1 unspecified atom stereocenters. The highest BCUT2D eigenvalue weighted by Gasteiger charge is 2.37. The van der Waals surface area contributed by atoms with Crippen LogP contribution in [0.25, 0.3) is 0 Å². The predicted octanol–water partition coefficient (Wildman–Crippen LogP) is 3.11. The average molecular weight is 363 g/mol. The van der Waals surface area contributed by atoms with Crippen LogP contribution in [-0.2, 0) is 27.0 Å². The summed E-state index contributed by atoms with van der Waals surface area (Å²) < 4.78 is 37.5. The largest absolute Gasteiger partial charge is 0.445 e. The van der Waals surface area contributed by atoms with E-state index in [4.69, 9.17) is 4.74 Å². The highest BCUT2D eigenvalue weighted by molar-refractivity contribution is 7.85. The number of alkyl carbamates (subject to hydrolysis) is 1. The highest BCUT2D eigenvalue weighted by Crippen LogP contribution is 2.27. The van der Waals surface area contributed by atoms with Crippen LogP contribution in [0.2, 0.25) is 0 Å². The van der Waals surface area contributed by atoms with Crippen LogP contribution in [0, 0.1) is 0 Å². The van der Waals surface area contributed by atoms with Crippen molar-refractivity contribution in [2.24, 2.45) is 0 Å². The Hall–Kier alpha value is -2.38. The molecule has 6 nitrogen and oxygen atoms in total. The second kappa shape index (κ2) is 8.13. The molecule has 25 heavy (non-hydrogen) atoms. The molecule has 0 saturated carbocycles. The molecule has 0 fully saturated rings. The van der Waals surface area contributed by atoms with Gasteiger partial charge in [0.2, 0.25) is 0 Å². The number of rotatable bonds is 7. The molecule has 0 aromatic heterocycles. The number of amides is 1. The molecule has 1 atom stereocenters. The maximum absolute atomic E-state index is 12.2. The van der Waals surface area contributed by atoms with E-state index in [-0.39, 0.29) is 13.0 Å². The summed E-state index contributed by atoms with van der Waals surface area (Å²) in [5, 5.41) is 2.62. The lowest BCUT2D eigenvalue weighted by Gasteiger charge is -2.32. The summed E-state index contributed by atoms with van der Waals surface area (Å²) in [5.41, 5.74) is 0.115. The number of carbonyl (C=O) groups is 1. The lowest BCUT2D eigenvalue weighted by Crippen LogP contribution is -2.50. The van der Waals surface area contributed by atoms with Crippen LogP contribution in [-0.4, -0.2) is 24.8 Å². The quantitative estimate of drug-likeness (QED) is 0.738. The first-order chi connectivity index (χ1) is 11.8. The second-order valence-electron chi connectivity index (χ2n) is 5.71. The van der Waals surface area contributed by atoms with E-state index >= 15 is 0 Å². The minimum atomic E-state index is -4.33. The Labute approximate surface area is 147 Å². The molecule has 134 valence electrons. The Balaban J connectivity index is 2.19. The molecular formula is C18H21NO5S. The second-order valence-corrected chi connectivity index (χ2v) is 7.17. The van der Waals surface area contributed by atoms with Gasteiger partial charge in [-0.25, -0.2) is 4.79 Å². The van der Waals surface area contributed by atoms with Gasteiger partial charge in [0.05, 0.1) is 5.54 Å². The van der Waals surface area contributed by atoms with Crippen LogP contribution in [0.1, 0.15) is 24.5 Å². The van der Waals surface area contributed by atoms with Crippen LogP contribution in [0.4, 0.5) is 4.79 Å². The first-order valence-corrected chi connectivity index (χ1v) is 9.45. The van der Waals surface area contributed by atoms with Crippen LogP contribution in [0.15, 0.2) is 60.7 Å². The van der Waals surface area contributed by atoms with Crippen molar-refractivity contribution in [3.8, 4) is 0 Å². The Morgan fingerprint density at radius 1 is 1.08 bits per heavy atom. The summed E-state index contributed by atoms with van der Waals surface area (Å²) in [7, 11) is -4.33. The van der Waals surface area contributed by atoms with Crippen LogP contribution in [0.5, 0.6) is 0 Å². The van der Waals surface area contributed by atoms with E-state index in [1.807, 2.05) is 30.3 Å². The Bertz CT molecular complexity index is 793. The normalized spacial score (nSPS) is 13.7. The molecule has 2 aromatic rings. The maximum atomic E-state index is 12.2. The summed E-state index contributed by atoms with van der Waals surface area (Å²) in [5.74, 6) is -0.638. The zero-order chi connectivity index (χ0) is 18.3. The minimum absolute atomic E-state index is 0.0626. The number of ether oxygens (including phenoxy) is 1. The third-order valence-corrected chi connectivity index (χ3v) is 4.77. The van der Waals surface area contributed by atoms with Crippen molar-refractivity contribution in [1.29, 1.82) is 0 Å². The van der Waals surface area contributed by atoms with Crippen LogP contribution in [0.3, 0.4) is 0 Å². The Morgan fingerprint density at radius 2 is 1.64 bits per heavy atom. The Morgan fingerprint density at radius 3 is 2.16 bits per heavy atom. The van der Waals surface area contributed by atoms with E-state index < -0.39 is 27.5 Å². The van der Waals surface area contributed by atoms with Gasteiger partial charge in [-0.2, -0.15) is 8.42 Å². The summed E-state index contributed by atoms with van der Waals surface area (Å²) in [6, 6.07) is 17.8. The third kappa shape index (κ3) is 5.58. The monoisotopic (exact) mass is 363 g/mol. The van der Waals surface area contributed by atoms with Crippen molar-refractivity contribution in [2.45, 2.75) is 25.5 Å². The van der Waals surface area contributed by atoms with Gasteiger partial charge in [-0.1, -0.05) is 67.6 Å². The summed E-state index contributed by atoms with van der Waals surface area (Å²) in [6.07, 6.45) is -0.491. The van der Waals surface area contributed by atoms with E-state index in [9.17, 15) is 17.8 Å². The van der Waals surface area contributed by atoms with Gasteiger partial charge >= 0.3 is 6.09 Å². The van der Waals surface area contributed by atoms with Gasteiger partial charge in [0.15, 0.2) is 0 Å². The first kappa shape index (κ1) is 19.0. The van der Waals surface area contributed by atoms with Gasteiger partial charge in [-0.3, -0.25) is 4.55 Å². The lowest BCUT2D eigenvalue weighted by atomic mass is 9.89. The number of hydrogen-bond acceptors (Lipinski definition) is 4. The van der Waals surface area contributed by atoms with Crippen molar-refractivity contribution in [3.63, 3.8) is 0 Å². The molecule has 0 aliphatic heterocycles. The number of carbonyl (C=O) groups excluding carboxylic acids is 1. The van der Waals surface area contributed by atoms with Crippen molar-refractivity contribution < 1.29 is 22.5 Å². The summed E-state index contributed by atoms with van der Waals surface area (Å²) >= 11 is 0. The van der Waals surface area contributed by atoms with Gasteiger partial charge in [-0.05, 0) is 17.5 Å². The molecule has 7 heteroatoms. The highest BCUT2D eigenvalue weighted by atomic mass is 32.2. The molecular weight excluding hydrogens is 342 g/mol. The fourth-order valence-corrected chi connectivity index (χ4v) is 3.68. The molecule has 2 aromatic carbocycles. The van der Waals surface area contributed by atoms with Gasteiger partial charge in [0.25, 0.3) is 10.1 Å². The molecule has 0 aliphatic carbocycles. The fraction of sp³-hybridized carbons (Fsp3) is 0.278. The van der Waals surface area contributed by atoms with Gasteiger partial charge < -0.3 is 10.1 Å². The van der Waals surface area contributed by atoms with Crippen molar-refractivity contribution >= 4 is 16.2 Å². The average Bonchev–Trinajstić information content (AvgIpc) is 2.60. The maximum Gasteiger partial charge on any atom is 0.408 e. The smallest absolute Gasteiger partial charge is 0.408 e. The zero-order valence-corrected chi connectivity index (χ0v) is 14.7. The van der Waals surface area contributed by atoms with Crippen molar-refractivity contribution in [2.75, 3.05) is 5.75 Å². The SMILES string of the molecule is CCC(CS(=O)(=O)O)(NC(=O)OCc1ccccc1)c1ccccc1. The molecule has 1 amide bonds. The summed E-state index contributed by atoms with van der Waals surface area (Å²) in [4.78, 5) is 12.2. The van der Waals surface area contributed by atoms with Gasteiger partial charge in [-0.15, -0.1) is 0 Å². The third-order valence-electron chi connectivity index (χ3n) is 3.91. The first-order valence-electron chi connectivity index (χ1n) is 7.84. The Kier molecular flexibility index (Phi) is 6.17. The molecule has 0 radical (unpaired) electrons. The molecule has 2 rings (SSSR count). The van der Waals surface area contributed by atoms with Crippen LogP contribution < -0.4 is 5.32 Å². The standard InChI is InChI=1S/C18H21NO5S/c1-2-18(14-25(21,22)23,16-11-7-4-8-12-16)19-17(20)24-13-15-9-5-3-6-10-15/h3-12H,2,13-14H2,1H3,(H,19,20)(H,21,22,23). The van der Waals surface area contributed by atoms with E-state index in [1.165, 1.54) is 0 Å². The minimum Gasteiger partial charge on any atom is -0.445 e. The number of hydrogen-bond donors (Lipinski definition) is 2. The zero-order valence-electron chi connectivity index (χ0n) is 13.9.